The molecule has 0 fully saturated rings. The van der Waals surface area contributed by atoms with Crippen LogP contribution in [0.2, 0.25) is 0 Å². The van der Waals surface area contributed by atoms with Crippen LogP contribution in [0.1, 0.15) is 19.4 Å². The van der Waals surface area contributed by atoms with Gasteiger partial charge in [0.1, 0.15) is 17.5 Å². The van der Waals surface area contributed by atoms with Gasteiger partial charge in [0.15, 0.2) is 0 Å². The van der Waals surface area contributed by atoms with Gasteiger partial charge in [0, 0.05) is 0 Å². The van der Waals surface area contributed by atoms with Crippen LogP contribution in [0, 0.1) is 17.2 Å². The largest absolute Gasteiger partial charge is 0.495 e. The molecule has 1 unspecified atom stereocenters. The van der Waals surface area contributed by atoms with E-state index in [1.54, 1.807) is 18.2 Å². The minimum atomic E-state index is -0.311. The van der Waals surface area contributed by atoms with Crippen LogP contribution in [0.15, 0.2) is 18.2 Å². The van der Waals surface area contributed by atoms with Crippen LogP contribution in [0.4, 0.5) is 5.69 Å². The third-order valence-electron chi connectivity index (χ3n) is 2.45. The summed E-state index contributed by atoms with van der Waals surface area (Å²) in [5.41, 5.74) is 0.795. The van der Waals surface area contributed by atoms with Crippen LogP contribution in [0.5, 0.6) is 5.75 Å². The molecule has 0 spiro atoms. The molecule has 1 aromatic rings. The van der Waals surface area contributed by atoms with E-state index in [-0.39, 0.29) is 16.7 Å². The van der Waals surface area contributed by atoms with Crippen molar-refractivity contribution in [3.63, 3.8) is 0 Å². The van der Waals surface area contributed by atoms with Gasteiger partial charge in [0.2, 0.25) is 5.91 Å². The Morgan fingerprint density at radius 3 is 2.67 bits per heavy atom. The van der Waals surface area contributed by atoms with Crippen molar-refractivity contribution in [3.05, 3.63) is 23.8 Å². The zero-order valence-corrected chi connectivity index (χ0v) is 12.1. The van der Waals surface area contributed by atoms with Crippen molar-refractivity contribution in [2.24, 2.45) is 5.92 Å². The number of amides is 1. The molecule has 1 amide bonds. The number of rotatable bonds is 4. The fourth-order valence-corrected chi connectivity index (χ4v) is 1.53. The average molecular weight is 311 g/mol. The summed E-state index contributed by atoms with van der Waals surface area (Å²) < 4.78 is 5.15. The monoisotopic (exact) mass is 310 g/mol. The molecular weight excluding hydrogens is 296 g/mol. The third-order valence-corrected chi connectivity index (χ3v) is 3.92. The SMILES string of the molecule is COc1cccc(C#N)c1NC(=O)C(Br)C(C)C. The Kier molecular flexibility index (Phi) is 5.17. The van der Waals surface area contributed by atoms with Crippen molar-refractivity contribution < 1.29 is 9.53 Å². The summed E-state index contributed by atoms with van der Waals surface area (Å²) in [5.74, 6) is 0.446. The van der Waals surface area contributed by atoms with Crippen LogP contribution in [-0.2, 0) is 4.79 Å². The molecule has 96 valence electrons. The van der Waals surface area contributed by atoms with Gasteiger partial charge in [-0.1, -0.05) is 35.8 Å². The molecule has 0 aliphatic heterocycles. The van der Waals surface area contributed by atoms with Crippen molar-refractivity contribution in [2.75, 3.05) is 12.4 Å². The Balaban J connectivity index is 3.04. The molecule has 5 heteroatoms. The Morgan fingerprint density at radius 2 is 2.17 bits per heavy atom. The van der Waals surface area contributed by atoms with Gasteiger partial charge in [0.05, 0.1) is 17.5 Å². The Morgan fingerprint density at radius 1 is 1.50 bits per heavy atom. The topological polar surface area (TPSA) is 62.1 Å². The molecule has 1 atom stereocenters. The van der Waals surface area contributed by atoms with Gasteiger partial charge in [-0.2, -0.15) is 5.26 Å². The second kappa shape index (κ2) is 6.41. The molecule has 0 aromatic heterocycles. The van der Waals surface area contributed by atoms with Gasteiger partial charge in [-0.3, -0.25) is 4.79 Å². The van der Waals surface area contributed by atoms with Gasteiger partial charge in [-0.05, 0) is 18.1 Å². The molecule has 1 N–H and O–H groups in total. The van der Waals surface area contributed by atoms with E-state index in [1.165, 1.54) is 7.11 Å². The summed E-state index contributed by atoms with van der Waals surface area (Å²) in [4.78, 5) is 11.7. The highest BCUT2D eigenvalue weighted by molar-refractivity contribution is 9.10. The summed E-state index contributed by atoms with van der Waals surface area (Å²) in [6, 6.07) is 7.08. The van der Waals surface area contributed by atoms with Crippen molar-refractivity contribution >= 4 is 27.5 Å². The third kappa shape index (κ3) is 3.23. The smallest absolute Gasteiger partial charge is 0.238 e. The highest BCUT2D eigenvalue weighted by atomic mass is 79.9. The minimum absolute atomic E-state index is 0.158. The number of carbonyl (C=O) groups is 1. The molecule has 0 heterocycles. The van der Waals surface area contributed by atoms with Crippen LogP contribution in [0.3, 0.4) is 0 Å². The van der Waals surface area contributed by atoms with E-state index in [2.05, 4.69) is 21.2 Å². The van der Waals surface area contributed by atoms with Crippen LogP contribution in [-0.4, -0.2) is 17.8 Å². The van der Waals surface area contributed by atoms with Gasteiger partial charge < -0.3 is 10.1 Å². The number of nitrogens with one attached hydrogen (secondary N) is 1. The molecule has 0 bridgehead atoms. The number of hydrogen-bond acceptors (Lipinski definition) is 3. The number of hydrogen-bond donors (Lipinski definition) is 1. The lowest BCUT2D eigenvalue weighted by atomic mass is 10.1. The van der Waals surface area contributed by atoms with Gasteiger partial charge in [0.25, 0.3) is 0 Å². The van der Waals surface area contributed by atoms with Gasteiger partial charge >= 0.3 is 0 Å². The van der Waals surface area contributed by atoms with E-state index in [9.17, 15) is 4.79 Å². The van der Waals surface area contributed by atoms with Gasteiger partial charge in [-0.15, -0.1) is 0 Å². The summed E-state index contributed by atoms with van der Waals surface area (Å²) in [6.45, 7) is 3.87. The molecule has 0 radical (unpaired) electrons. The number of anilines is 1. The maximum atomic E-state index is 12.0. The van der Waals surface area contributed by atoms with E-state index < -0.39 is 0 Å². The Labute approximate surface area is 115 Å². The van der Waals surface area contributed by atoms with E-state index in [4.69, 9.17) is 10.00 Å². The number of benzene rings is 1. The Bertz CT molecular complexity index is 480. The molecule has 4 nitrogen and oxygen atoms in total. The molecule has 0 saturated heterocycles. The first kappa shape index (κ1) is 14.5. The quantitative estimate of drug-likeness (QED) is 0.870. The molecule has 1 aromatic carbocycles. The van der Waals surface area contributed by atoms with Crippen LogP contribution in [0.25, 0.3) is 0 Å². The summed E-state index contributed by atoms with van der Waals surface area (Å²) >= 11 is 3.32. The van der Waals surface area contributed by atoms with Crippen molar-refractivity contribution in [3.8, 4) is 11.8 Å². The van der Waals surface area contributed by atoms with Crippen LogP contribution < -0.4 is 10.1 Å². The Hall–Kier alpha value is -1.54. The molecule has 0 aliphatic rings. The summed E-state index contributed by atoms with van der Waals surface area (Å²) in [7, 11) is 1.50. The first-order valence-electron chi connectivity index (χ1n) is 5.53. The van der Waals surface area contributed by atoms with Crippen molar-refractivity contribution in [1.29, 1.82) is 5.26 Å². The highest BCUT2D eigenvalue weighted by Gasteiger charge is 2.21. The maximum absolute atomic E-state index is 12.0. The first-order valence-corrected chi connectivity index (χ1v) is 6.44. The number of halogens is 1. The lowest BCUT2D eigenvalue weighted by Crippen LogP contribution is -2.27. The number of carbonyl (C=O) groups excluding carboxylic acids is 1. The van der Waals surface area contributed by atoms with E-state index in [1.807, 2.05) is 19.9 Å². The number of methoxy groups -OCH3 is 1. The molecule has 0 aliphatic carbocycles. The minimum Gasteiger partial charge on any atom is -0.495 e. The number of ether oxygens (including phenoxy) is 1. The zero-order chi connectivity index (χ0) is 13.7. The lowest BCUT2D eigenvalue weighted by Gasteiger charge is -2.16. The standard InChI is InChI=1S/C13H15BrN2O2/c1-8(2)11(14)13(17)16-12-9(7-15)5-4-6-10(12)18-3/h4-6,8,11H,1-3H3,(H,16,17). The second-order valence-electron chi connectivity index (χ2n) is 4.13. The molecule has 18 heavy (non-hydrogen) atoms. The molecule has 1 rings (SSSR count). The first-order chi connectivity index (χ1) is 8.51. The number of para-hydroxylation sites is 1. The van der Waals surface area contributed by atoms with E-state index in [0.29, 0.717) is 17.0 Å². The second-order valence-corrected chi connectivity index (χ2v) is 5.12. The zero-order valence-electron chi connectivity index (χ0n) is 10.5. The van der Waals surface area contributed by atoms with Crippen LogP contribution >= 0.6 is 15.9 Å². The lowest BCUT2D eigenvalue weighted by molar-refractivity contribution is -0.116. The van der Waals surface area contributed by atoms with Crippen molar-refractivity contribution in [2.45, 2.75) is 18.7 Å². The predicted octanol–water partition coefficient (Wildman–Crippen LogP) is 2.92. The normalized spacial score (nSPS) is 11.8. The fourth-order valence-electron chi connectivity index (χ4n) is 1.42. The van der Waals surface area contributed by atoms with E-state index >= 15 is 0 Å². The molecular formula is C13H15BrN2O2. The molecule has 0 saturated carbocycles. The average Bonchev–Trinajstić information content (AvgIpc) is 2.37. The number of alkyl halides is 1. The van der Waals surface area contributed by atoms with Gasteiger partial charge in [-0.25, -0.2) is 0 Å². The predicted molar refractivity (Wildman–Crippen MR) is 73.9 cm³/mol. The van der Waals surface area contributed by atoms with Crippen molar-refractivity contribution in [1.82, 2.24) is 0 Å². The number of nitrogens with zero attached hydrogens (tertiary/aromatic N) is 1. The van der Waals surface area contributed by atoms with E-state index in [0.717, 1.165) is 0 Å². The summed E-state index contributed by atoms with van der Waals surface area (Å²) in [6.07, 6.45) is 0. The fraction of sp³-hybridized carbons (Fsp3) is 0.385. The highest BCUT2D eigenvalue weighted by Crippen LogP contribution is 2.28. The number of nitriles is 1. The summed E-state index contributed by atoms with van der Waals surface area (Å²) in [5, 5.41) is 11.8. The maximum Gasteiger partial charge on any atom is 0.238 e.